The van der Waals surface area contributed by atoms with E-state index in [2.05, 4.69) is 54.5 Å². The first-order valence-corrected chi connectivity index (χ1v) is 14.9. The van der Waals surface area contributed by atoms with E-state index in [0.717, 1.165) is 59.5 Å². The molecule has 0 aromatic heterocycles. The predicted octanol–water partition coefficient (Wildman–Crippen LogP) is 10.8. The number of rotatable bonds is 12. The molecule has 0 aromatic rings. The van der Waals surface area contributed by atoms with Crippen LogP contribution < -0.4 is 0 Å². The van der Waals surface area contributed by atoms with Gasteiger partial charge in [0.1, 0.15) is 17.1 Å². The number of hydrogen-bond acceptors (Lipinski definition) is 2. The molecule has 0 bridgehead atoms. The fourth-order valence-corrected chi connectivity index (χ4v) is 6.33. The second-order valence-electron chi connectivity index (χ2n) is 13.3. The molecule has 1 aliphatic carbocycles. The first-order valence-electron chi connectivity index (χ1n) is 14.9. The van der Waals surface area contributed by atoms with Crippen LogP contribution in [0.2, 0.25) is 0 Å². The molecule has 35 heavy (non-hydrogen) atoms. The Morgan fingerprint density at radius 1 is 0.800 bits per heavy atom. The number of aliphatic hydroxyl groups is 1. The van der Waals surface area contributed by atoms with Crippen LogP contribution in [-0.2, 0) is 4.74 Å². The number of allylic oxidation sites excluding steroid dienone is 4. The molecule has 0 aromatic carbocycles. The molecule has 2 rings (SSSR count). The maximum atomic E-state index is 10.7. The van der Waals surface area contributed by atoms with Crippen LogP contribution in [0.15, 0.2) is 34.3 Å². The number of fused-ring (bicyclic) bond motifs is 1. The van der Waals surface area contributed by atoms with Crippen LogP contribution in [0.3, 0.4) is 0 Å². The Balaban J connectivity index is 1.90. The van der Waals surface area contributed by atoms with Gasteiger partial charge in [-0.15, -0.1) is 0 Å². The minimum atomic E-state index is -0.138. The lowest BCUT2D eigenvalue weighted by molar-refractivity contribution is -0.0342. The van der Waals surface area contributed by atoms with E-state index in [1.54, 1.807) is 0 Å². The van der Waals surface area contributed by atoms with Gasteiger partial charge >= 0.3 is 0 Å². The van der Waals surface area contributed by atoms with Crippen molar-refractivity contribution in [1.82, 2.24) is 0 Å². The van der Waals surface area contributed by atoms with Gasteiger partial charge in [0, 0.05) is 5.41 Å². The first kappa shape index (κ1) is 30.0. The van der Waals surface area contributed by atoms with Crippen molar-refractivity contribution < 1.29 is 9.84 Å². The molecular weight excluding hydrogens is 428 g/mol. The third kappa shape index (κ3) is 9.01. The van der Waals surface area contributed by atoms with E-state index >= 15 is 0 Å². The van der Waals surface area contributed by atoms with Gasteiger partial charge in [-0.25, -0.2) is 0 Å². The zero-order chi connectivity index (χ0) is 26.2. The molecule has 1 N–H and O–H groups in total. The molecule has 0 spiro atoms. The van der Waals surface area contributed by atoms with Crippen LogP contribution in [0.4, 0.5) is 0 Å². The van der Waals surface area contributed by atoms with Crippen LogP contribution in [0, 0.1) is 23.2 Å². The summed E-state index contributed by atoms with van der Waals surface area (Å²) in [6, 6.07) is 0. The highest BCUT2D eigenvalue weighted by molar-refractivity contribution is 5.46. The van der Waals surface area contributed by atoms with Crippen LogP contribution >= 0.6 is 0 Å². The van der Waals surface area contributed by atoms with Gasteiger partial charge in [-0.3, -0.25) is 0 Å². The molecule has 1 aliphatic heterocycles. The molecule has 2 unspecified atom stereocenters. The van der Waals surface area contributed by atoms with E-state index in [-0.39, 0.29) is 11.0 Å². The van der Waals surface area contributed by atoms with Gasteiger partial charge < -0.3 is 9.84 Å². The minimum Gasteiger partial charge on any atom is -0.507 e. The second kappa shape index (κ2) is 13.4. The Kier molecular flexibility index (Phi) is 11.5. The molecular formula is C33H58O2. The third-order valence-corrected chi connectivity index (χ3v) is 8.96. The molecule has 4 atom stereocenters. The number of hydrogen-bond donors (Lipinski definition) is 1. The summed E-state index contributed by atoms with van der Waals surface area (Å²) < 4.78 is 6.98. The Morgan fingerprint density at radius 3 is 1.94 bits per heavy atom. The summed E-state index contributed by atoms with van der Waals surface area (Å²) in [7, 11) is 0. The molecule has 0 saturated carbocycles. The average molecular weight is 487 g/mol. The largest absolute Gasteiger partial charge is 0.507 e. The Labute approximate surface area is 218 Å². The molecule has 202 valence electrons. The fraction of sp³-hybridized carbons (Fsp3) is 0.818. The highest BCUT2D eigenvalue weighted by Gasteiger charge is 2.39. The van der Waals surface area contributed by atoms with Gasteiger partial charge in [-0.05, 0) is 101 Å². The number of aliphatic hydroxyl groups excluding tert-OH is 1. The SMILES string of the molecule is CC1=CC2(C)CCCCC(C)(CCC[C@H](C)CCC[C@H](C)CCCC(C)C)OC2=C(C)C(C)=C1O. The highest BCUT2D eigenvalue weighted by Crippen LogP contribution is 2.47. The number of ether oxygens (including phenoxy) is 1. The van der Waals surface area contributed by atoms with Crippen molar-refractivity contribution in [1.29, 1.82) is 0 Å². The van der Waals surface area contributed by atoms with Crippen molar-refractivity contribution in [2.45, 2.75) is 151 Å². The smallest absolute Gasteiger partial charge is 0.121 e. The summed E-state index contributed by atoms with van der Waals surface area (Å²) in [5.74, 6) is 4.04. The molecule has 2 aliphatic rings. The lowest BCUT2D eigenvalue weighted by Crippen LogP contribution is -2.35. The monoisotopic (exact) mass is 486 g/mol. The lowest BCUT2D eigenvalue weighted by Gasteiger charge is -2.41. The predicted molar refractivity (Wildman–Crippen MR) is 153 cm³/mol. The quantitative estimate of drug-likeness (QED) is 0.297. The Hall–Kier alpha value is -1.18. The molecule has 0 radical (unpaired) electrons. The second-order valence-corrected chi connectivity index (χ2v) is 13.3. The van der Waals surface area contributed by atoms with Crippen LogP contribution in [0.1, 0.15) is 146 Å². The van der Waals surface area contributed by atoms with Crippen molar-refractivity contribution in [3.63, 3.8) is 0 Å². The summed E-state index contributed by atoms with van der Waals surface area (Å²) in [6.45, 7) is 20.4. The Morgan fingerprint density at radius 2 is 1.34 bits per heavy atom. The van der Waals surface area contributed by atoms with Crippen LogP contribution in [-0.4, -0.2) is 10.7 Å². The van der Waals surface area contributed by atoms with Gasteiger partial charge in [0.15, 0.2) is 0 Å². The van der Waals surface area contributed by atoms with Crippen molar-refractivity contribution in [2.75, 3.05) is 0 Å². The van der Waals surface area contributed by atoms with Gasteiger partial charge in [-0.1, -0.05) is 85.1 Å². The fourth-order valence-electron chi connectivity index (χ4n) is 6.33. The molecule has 2 heteroatoms. The summed E-state index contributed by atoms with van der Waals surface area (Å²) >= 11 is 0. The standard InChI is InChI=1S/C33H58O2/c1-24(2)15-12-16-25(3)17-13-18-26(4)19-14-22-33(9)21-11-10-20-32(8)23-27(5)30(34)28(6)29(7)31(32)35-33/h23-26,34H,10-22H2,1-9H3/t25-,26-,32?,33?/m1/s1. The molecule has 1 fully saturated rings. The van der Waals surface area contributed by atoms with E-state index < -0.39 is 0 Å². The van der Waals surface area contributed by atoms with Gasteiger partial charge in [-0.2, -0.15) is 0 Å². The summed E-state index contributed by atoms with van der Waals surface area (Å²) in [5.41, 5.74) is 2.81. The third-order valence-electron chi connectivity index (χ3n) is 8.96. The van der Waals surface area contributed by atoms with Crippen molar-refractivity contribution >= 4 is 0 Å². The maximum absolute atomic E-state index is 10.7. The van der Waals surface area contributed by atoms with E-state index in [0.29, 0.717) is 5.76 Å². The van der Waals surface area contributed by atoms with Crippen molar-refractivity contribution in [2.24, 2.45) is 23.2 Å². The molecule has 2 nitrogen and oxygen atoms in total. The highest BCUT2D eigenvalue weighted by atomic mass is 16.5. The van der Waals surface area contributed by atoms with E-state index in [9.17, 15) is 5.11 Å². The summed E-state index contributed by atoms with van der Waals surface area (Å²) in [5, 5.41) is 10.7. The van der Waals surface area contributed by atoms with Crippen molar-refractivity contribution in [3.05, 3.63) is 34.3 Å². The van der Waals surface area contributed by atoms with Gasteiger partial charge in [0.2, 0.25) is 0 Å². The average Bonchev–Trinajstić information content (AvgIpc) is 2.82. The molecule has 0 amide bonds. The lowest BCUT2D eigenvalue weighted by atomic mass is 9.77. The Bertz CT molecular complexity index is 770. The minimum absolute atomic E-state index is 0.120. The zero-order valence-corrected chi connectivity index (χ0v) is 24.9. The van der Waals surface area contributed by atoms with Gasteiger partial charge in [0.25, 0.3) is 0 Å². The first-order chi connectivity index (χ1) is 16.4. The summed E-state index contributed by atoms with van der Waals surface area (Å²) in [4.78, 5) is 0. The zero-order valence-electron chi connectivity index (χ0n) is 24.9. The molecule has 1 saturated heterocycles. The normalized spacial score (nSPS) is 27.5. The van der Waals surface area contributed by atoms with Crippen LogP contribution in [0.25, 0.3) is 0 Å². The molecule has 1 heterocycles. The van der Waals surface area contributed by atoms with E-state index in [4.69, 9.17) is 4.74 Å². The summed E-state index contributed by atoms with van der Waals surface area (Å²) in [6.07, 6.45) is 18.9. The topological polar surface area (TPSA) is 29.5 Å². The van der Waals surface area contributed by atoms with Crippen molar-refractivity contribution in [3.8, 4) is 0 Å². The van der Waals surface area contributed by atoms with E-state index in [1.165, 1.54) is 64.2 Å². The van der Waals surface area contributed by atoms with Gasteiger partial charge in [0.05, 0.1) is 0 Å². The maximum Gasteiger partial charge on any atom is 0.121 e. The van der Waals surface area contributed by atoms with E-state index in [1.807, 2.05) is 13.8 Å². The van der Waals surface area contributed by atoms with Crippen LogP contribution in [0.5, 0.6) is 0 Å².